The Balaban J connectivity index is 0.00000162. The van der Waals surface area contributed by atoms with Gasteiger partial charge in [0.1, 0.15) is 0 Å². The maximum absolute atomic E-state index is 11.7. The van der Waals surface area contributed by atoms with Crippen molar-refractivity contribution < 1.29 is 56.4 Å². The Bertz CT molecular complexity index is 468. The maximum Gasteiger partial charge on any atom is 1.00 e. The molecule has 0 unspecified atom stereocenters. The SMILES string of the molecule is [NH-]C(=O)[C@@H]1CC[C@@H]2CN1C(=O)N2OS(=O)(=O)O.[Na+]. The number of hydroxylamine groups is 2. The molecule has 0 aromatic rings. The zero-order valence-corrected chi connectivity index (χ0v) is 12.4. The molecule has 11 heteroatoms. The van der Waals surface area contributed by atoms with Crippen LogP contribution in [-0.2, 0) is 19.5 Å². The molecule has 18 heavy (non-hydrogen) atoms. The van der Waals surface area contributed by atoms with E-state index in [9.17, 15) is 18.0 Å². The normalized spacial score (nSPS) is 27.1. The third-order valence-electron chi connectivity index (χ3n) is 2.80. The molecule has 2 aliphatic heterocycles. The van der Waals surface area contributed by atoms with E-state index in [0.29, 0.717) is 11.5 Å². The predicted octanol–water partition coefficient (Wildman–Crippen LogP) is -3.43. The van der Waals surface area contributed by atoms with Gasteiger partial charge in [0.25, 0.3) is 0 Å². The van der Waals surface area contributed by atoms with Crippen molar-refractivity contribution in [3.05, 3.63) is 5.73 Å². The molecule has 2 N–H and O–H groups in total. The van der Waals surface area contributed by atoms with Gasteiger partial charge in [-0.2, -0.15) is 13.5 Å². The number of nitrogens with one attached hydrogen (secondary N) is 1. The molecule has 2 rings (SSSR count). The van der Waals surface area contributed by atoms with E-state index in [0.717, 1.165) is 4.90 Å². The molecule has 2 aliphatic rings. The van der Waals surface area contributed by atoms with Gasteiger partial charge in [-0.3, -0.25) is 4.55 Å². The molecule has 96 valence electrons. The van der Waals surface area contributed by atoms with Crippen LogP contribution in [-0.4, -0.2) is 53.5 Å². The summed E-state index contributed by atoms with van der Waals surface area (Å²) in [5.41, 5.74) is 7.00. The van der Waals surface area contributed by atoms with Gasteiger partial charge in [0.05, 0.1) is 18.0 Å². The summed E-state index contributed by atoms with van der Waals surface area (Å²) in [6.07, 6.45) is 0.622. The zero-order chi connectivity index (χ0) is 12.8. The van der Waals surface area contributed by atoms with Gasteiger partial charge in [0.2, 0.25) is 0 Å². The summed E-state index contributed by atoms with van der Waals surface area (Å²) < 4.78 is 33.8. The molecule has 0 saturated carbocycles. The summed E-state index contributed by atoms with van der Waals surface area (Å²) in [7, 11) is -4.77. The molecule has 0 aromatic carbocycles. The van der Waals surface area contributed by atoms with Gasteiger partial charge in [-0.25, -0.2) is 4.79 Å². The molecule has 0 spiro atoms. The monoisotopic (exact) mass is 287 g/mol. The zero-order valence-electron chi connectivity index (χ0n) is 9.57. The predicted molar refractivity (Wildman–Crippen MR) is 52.7 cm³/mol. The molecule has 2 heterocycles. The Kier molecular flexibility index (Phi) is 4.62. The first kappa shape index (κ1) is 15.7. The molecule has 2 bridgehead atoms. The van der Waals surface area contributed by atoms with Crippen molar-refractivity contribution in [1.29, 1.82) is 0 Å². The van der Waals surface area contributed by atoms with Crippen LogP contribution in [0.3, 0.4) is 0 Å². The number of rotatable bonds is 3. The van der Waals surface area contributed by atoms with Crippen molar-refractivity contribution in [1.82, 2.24) is 9.96 Å². The van der Waals surface area contributed by atoms with Crippen LogP contribution in [0, 0.1) is 0 Å². The average Bonchev–Trinajstić information content (AvgIpc) is 2.42. The van der Waals surface area contributed by atoms with Gasteiger partial charge in [-0.15, -0.1) is 4.28 Å². The van der Waals surface area contributed by atoms with Crippen molar-refractivity contribution in [2.45, 2.75) is 24.9 Å². The van der Waals surface area contributed by atoms with E-state index in [1.165, 1.54) is 0 Å². The fraction of sp³-hybridized carbons (Fsp3) is 0.714. The quantitative estimate of drug-likeness (QED) is 0.425. The minimum atomic E-state index is -4.77. The number of nitrogens with zero attached hydrogens (tertiary/aromatic N) is 2. The van der Waals surface area contributed by atoms with E-state index in [2.05, 4.69) is 4.28 Å². The molecule has 2 fully saturated rings. The number of fused-ring (bicyclic) bond motifs is 2. The molecule has 0 aromatic heterocycles. The fourth-order valence-corrected chi connectivity index (χ4v) is 2.49. The van der Waals surface area contributed by atoms with Gasteiger partial charge in [0.15, 0.2) is 0 Å². The number of hydrogen-bond acceptors (Lipinski definition) is 5. The smallest absolute Gasteiger partial charge is 0.666 e. The molecule has 2 saturated heterocycles. The molecular weight excluding hydrogens is 277 g/mol. The average molecular weight is 287 g/mol. The summed E-state index contributed by atoms with van der Waals surface area (Å²) in [5.74, 6) is -0.898. The van der Waals surface area contributed by atoms with Crippen LogP contribution in [0.25, 0.3) is 5.73 Å². The van der Waals surface area contributed by atoms with Crippen LogP contribution in [0.1, 0.15) is 12.8 Å². The maximum atomic E-state index is 11.7. The van der Waals surface area contributed by atoms with Crippen LogP contribution in [0.2, 0.25) is 0 Å². The van der Waals surface area contributed by atoms with E-state index in [1.54, 1.807) is 0 Å². The minimum Gasteiger partial charge on any atom is -0.666 e. The Labute approximate surface area is 125 Å². The third-order valence-corrected chi connectivity index (χ3v) is 3.15. The summed E-state index contributed by atoms with van der Waals surface area (Å²) in [5, 5.41) is 0.540. The number of carbonyl (C=O) groups is 2. The summed E-state index contributed by atoms with van der Waals surface area (Å²) in [6.45, 7) is 0.115. The molecule has 3 amide bonds. The van der Waals surface area contributed by atoms with Gasteiger partial charge in [-0.1, -0.05) is 0 Å². The molecule has 0 radical (unpaired) electrons. The standard InChI is InChI=1S/C7H11N3O6S.Na/c8-6(11)5-2-1-4-3-9(5)7(12)10(4)16-17(13,14)15;/h4-5H,1-3H2,(H3,8,11,13,14,15);/q;+1/p-1/t4-,5+;/m1./s1. The first-order chi connectivity index (χ1) is 7.79. The first-order valence-corrected chi connectivity index (χ1v) is 6.18. The number of piperidine rings is 1. The number of carbonyl (C=O) groups excluding carboxylic acids is 2. The second-order valence-corrected chi connectivity index (χ2v) is 4.88. The second kappa shape index (κ2) is 5.31. The van der Waals surface area contributed by atoms with Crippen molar-refractivity contribution in [2.75, 3.05) is 6.54 Å². The summed E-state index contributed by atoms with van der Waals surface area (Å²) >= 11 is 0. The fourth-order valence-electron chi connectivity index (χ4n) is 2.10. The topological polar surface area (TPSA) is 128 Å². The Morgan fingerprint density at radius 2 is 2.06 bits per heavy atom. The van der Waals surface area contributed by atoms with Gasteiger partial charge < -0.3 is 15.4 Å². The van der Waals surface area contributed by atoms with E-state index >= 15 is 0 Å². The van der Waals surface area contributed by atoms with E-state index < -0.39 is 34.4 Å². The van der Waals surface area contributed by atoms with E-state index in [1.807, 2.05) is 0 Å². The van der Waals surface area contributed by atoms with Crippen molar-refractivity contribution >= 4 is 22.3 Å². The third kappa shape index (κ3) is 2.95. The minimum absolute atomic E-state index is 0. The second-order valence-electron chi connectivity index (χ2n) is 3.87. The van der Waals surface area contributed by atoms with Crippen LogP contribution < -0.4 is 29.6 Å². The number of hydrogen-bond donors (Lipinski definition) is 1. The van der Waals surface area contributed by atoms with Gasteiger partial charge >= 0.3 is 46.0 Å². The molecule has 2 atom stereocenters. The van der Waals surface area contributed by atoms with E-state index in [4.69, 9.17) is 10.3 Å². The van der Waals surface area contributed by atoms with Gasteiger partial charge in [0, 0.05) is 6.54 Å². The Hall–Kier alpha value is -0.390. The van der Waals surface area contributed by atoms with Crippen molar-refractivity contribution in [2.24, 2.45) is 0 Å². The van der Waals surface area contributed by atoms with Crippen molar-refractivity contribution in [3.63, 3.8) is 0 Å². The summed E-state index contributed by atoms with van der Waals surface area (Å²) in [6, 6.07) is -2.22. The van der Waals surface area contributed by atoms with Gasteiger partial charge in [-0.05, 0) is 12.8 Å². The Morgan fingerprint density at radius 3 is 2.56 bits per heavy atom. The number of urea groups is 1. The van der Waals surface area contributed by atoms with Crippen LogP contribution in [0.5, 0.6) is 0 Å². The van der Waals surface area contributed by atoms with Crippen LogP contribution >= 0.6 is 0 Å². The molecule has 0 aliphatic carbocycles. The molecule has 9 nitrogen and oxygen atoms in total. The summed E-state index contributed by atoms with van der Waals surface area (Å²) in [4.78, 5) is 23.7. The van der Waals surface area contributed by atoms with Crippen LogP contribution in [0.4, 0.5) is 4.79 Å². The Morgan fingerprint density at radius 1 is 1.44 bits per heavy atom. The van der Waals surface area contributed by atoms with Crippen molar-refractivity contribution in [3.8, 4) is 0 Å². The molecular formula is C7H10N3NaO6S. The van der Waals surface area contributed by atoms with E-state index in [-0.39, 0.29) is 42.5 Å². The number of amides is 3. The van der Waals surface area contributed by atoms with Crippen LogP contribution in [0.15, 0.2) is 0 Å². The first-order valence-electron chi connectivity index (χ1n) is 4.82. The largest absolute Gasteiger partial charge is 1.00 e.